The van der Waals surface area contributed by atoms with Crippen molar-refractivity contribution in [2.75, 3.05) is 14.2 Å². The molecular weight excluding hydrogens is 272 g/mol. The Morgan fingerprint density at radius 1 is 1.14 bits per heavy atom. The van der Waals surface area contributed by atoms with Crippen molar-refractivity contribution >= 4 is 12.0 Å². The molecule has 0 saturated heterocycles. The number of methoxy groups -OCH3 is 2. The quantitative estimate of drug-likeness (QED) is 0.618. The smallest absolute Gasteiger partial charge is 0.328 e. The number of benzene rings is 1. The molecule has 0 atom stereocenters. The summed E-state index contributed by atoms with van der Waals surface area (Å²) in [6, 6.07) is 3.59. The van der Waals surface area contributed by atoms with Gasteiger partial charge < -0.3 is 19.3 Å². The summed E-state index contributed by atoms with van der Waals surface area (Å²) in [4.78, 5) is 10.4. The Kier molecular flexibility index (Phi) is 6.33. The average molecular weight is 292 g/mol. The predicted molar refractivity (Wildman–Crippen MR) is 81.1 cm³/mol. The van der Waals surface area contributed by atoms with E-state index in [1.165, 1.54) is 6.08 Å². The second-order valence-electron chi connectivity index (χ2n) is 4.48. The van der Waals surface area contributed by atoms with E-state index in [-0.39, 0.29) is 6.10 Å². The van der Waals surface area contributed by atoms with Gasteiger partial charge in [0.05, 0.1) is 20.3 Å². The zero-order valence-electron chi connectivity index (χ0n) is 12.6. The van der Waals surface area contributed by atoms with E-state index in [9.17, 15) is 4.79 Å². The van der Waals surface area contributed by atoms with Crippen LogP contribution in [0, 0.1) is 0 Å². The maximum absolute atomic E-state index is 10.4. The van der Waals surface area contributed by atoms with E-state index >= 15 is 0 Å². The molecule has 0 bridgehead atoms. The second-order valence-corrected chi connectivity index (χ2v) is 4.48. The van der Waals surface area contributed by atoms with Gasteiger partial charge in [0, 0.05) is 6.08 Å². The molecule has 114 valence electrons. The Morgan fingerprint density at radius 2 is 1.71 bits per heavy atom. The molecule has 0 saturated carbocycles. The molecule has 1 aromatic carbocycles. The highest BCUT2D eigenvalue weighted by Crippen LogP contribution is 2.39. The molecule has 5 nitrogen and oxygen atoms in total. The summed E-state index contributed by atoms with van der Waals surface area (Å²) in [6.07, 6.45) is 5.88. The lowest BCUT2D eigenvalue weighted by Crippen LogP contribution is -2.08. The number of aliphatic carboxylic acids is 1. The lowest BCUT2D eigenvalue weighted by atomic mass is 10.1. The zero-order chi connectivity index (χ0) is 15.8. The molecule has 0 aliphatic heterocycles. The summed E-state index contributed by atoms with van der Waals surface area (Å²) in [5, 5.41) is 8.52. The van der Waals surface area contributed by atoms with Gasteiger partial charge in [-0.15, -0.1) is 0 Å². The van der Waals surface area contributed by atoms with Gasteiger partial charge in [-0.1, -0.05) is 18.2 Å². The fourth-order valence-electron chi connectivity index (χ4n) is 1.65. The van der Waals surface area contributed by atoms with Gasteiger partial charge in [0.25, 0.3) is 0 Å². The minimum atomic E-state index is -0.990. The molecule has 0 heterocycles. The van der Waals surface area contributed by atoms with Crippen LogP contribution in [0.4, 0.5) is 0 Å². The number of ether oxygens (including phenoxy) is 3. The van der Waals surface area contributed by atoms with Crippen LogP contribution in [0.3, 0.4) is 0 Å². The molecule has 21 heavy (non-hydrogen) atoms. The van der Waals surface area contributed by atoms with Crippen LogP contribution in [-0.2, 0) is 4.79 Å². The van der Waals surface area contributed by atoms with Crippen LogP contribution in [0.15, 0.2) is 30.4 Å². The topological polar surface area (TPSA) is 65.0 Å². The third kappa shape index (κ3) is 5.22. The summed E-state index contributed by atoms with van der Waals surface area (Å²) < 4.78 is 16.4. The van der Waals surface area contributed by atoms with Gasteiger partial charge in [-0.25, -0.2) is 4.79 Å². The van der Waals surface area contributed by atoms with Crippen molar-refractivity contribution in [1.29, 1.82) is 0 Å². The van der Waals surface area contributed by atoms with Gasteiger partial charge in [-0.3, -0.25) is 0 Å². The van der Waals surface area contributed by atoms with Crippen molar-refractivity contribution in [2.45, 2.75) is 20.0 Å². The molecule has 0 spiro atoms. The van der Waals surface area contributed by atoms with Crippen LogP contribution in [0.1, 0.15) is 19.4 Å². The van der Waals surface area contributed by atoms with Crippen molar-refractivity contribution in [3.63, 3.8) is 0 Å². The van der Waals surface area contributed by atoms with Gasteiger partial charge in [0.2, 0.25) is 5.75 Å². The van der Waals surface area contributed by atoms with E-state index in [1.807, 2.05) is 13.8 Å². The van der Waals surface area contributed by atoms with Gasteiger partial charge in [0.1, 0.15) is 0 Å². The maximum Gasteiger partial charge on any atom is 0.328 e. The number of carbonyl (C=O) groups is 1. The highest BCUT2D eigenvalue weighted by atomic mass is 16.5. The number of hydrogen-bond acceptors (Lipinski definition) is 4. The Hall–Kier alpha value is -2.43. The van der Waals surface area contributed by atoms with Crippen LogP contribution >= 0.6 is 0 Å². The molecule has 0 radical (unpaired) electrons. The maximum atomic E-state index is 10.4. The van der Waals surface area contributed by atoms with Gasteiger partial charge >= 0.3 is 5.97 Å². The first-order chi connectivity index (χ1) is 9.97. The Labute approximate surface area is 124 Å². The molecule has 1 rings (SSSR count). The summed E-state index contributed by atoms with van der Waals surface area (Å²) in [7, 11) is 3.11. The van der Waals surface area contributed by atoms with Crippen molar-refractivity contribution in [2.24, 2.45) is 0 Å². The number of hydrogen-bond donors (Lipinski definition) is 1. The zero-order valence-corrected chi connectivity index (χ0v) is 12.6. The van der Waals surface area contributed by atoms with Crippen molar-refractivity contribution in [3.05, 3.63) is 35.9 Å². The highest BCUT2D eigenvalue weighted by Gasteiger charge is 2.14. The SMILES string of the molecule is COc1cc(C=CC=CC(=O)O)cc(OC)c1OC(C)C. The minimum absolute atomic E-state index is 0.00677. The van der Waals surface area contributed by atoms with E-state index in [2.05, 4.69) is 0 Å². The van der Waals surface area contributed by atoms with Crippen LogP contribution in [0.2, 0.25) is 0 Å². The van der Waals surface area contributed by atoms with Crippen LogP contribution in [-0.4, -0.2) is 31.4 Å². The molecule has 0 aliphatic rings. The van der Waals surface area contributed by atoms with E-state index < -0.39 is 5.97 Å². The van der Waals surface area contributed by atoms with Gasteiger partial charge in [0.15, 0.2) is 11.5 Å². The Balaban J connectivity index is 3.11. The first-order valence-corrected chi connectivity index (χ1v) is 6.48. The van der Waals surface area contributed by atoms with Gasteiger partial charge in [-0.05, 0) is 31.5 Å². The lowest BCUT2D eigenvalue weighted by Gasteiger charge is -2.17. The van der Waals surface area contributed by atoms with E-state index in [0.717, 1.165) is 11.6 Å². The van der Waals surface area contributed by atoms with Crippen LogP contribution in [0.5, 0.6) is 17.2 Å². The Bertz CT molecular complexity index is 519. The number of carboxylic acids is 1. The first kappa shape index (κ1) is 16.6. The number of carboxylic acid groups (broad SMARTS) is 1. The first-order valence-electron chi connectivity index (χ1n) is 6.48. The van der Waals surface area contributed by atoms with Crippen LogP contribution < -0.4 is 14.2 Å². The standard InChI is InChI=1S/C16H20O5/c1-11(2)21-16-13(19-3)9-12(10-14(16)20-4)7-5-6-8-15(17)18/h5-11H,1-4H3,(H,17,18). The molecular formula is C16H20O5. The minimum Gasteiger partial charge on any atom is -0.493 e. The third-order valence-corrected chi connectivity index (χ3v) is 2.48. The van der Waals surface area contributed by atoms with Gasteiger partial charge in [-0.2, -0.15) is 0 Å². The lowest BCUT2D eigenvalue weighted by molar-refractivity contribution is -0.131. The highest BCUT2D eigenvalue weighted by molar-refractivity contribution is 5.80. The van der Waals surface area contributed by atoms with Crippen molar-refractivity contribution in [1.82, 2.24) is 0 Å². The summed E-state index contributed by atoms with van der Waals surface area (Å²) in [5.74, 6) is 0.679. The Morgan fingerprint density at radius 3 is 2.14 bits per heavy atom. The van der Waals surface area contributed by atoms with Crippen molar-refractivity contribution in [3.8, 4) is 17.2 Å². The second kappa shape index (κ2) is 7.99. The normalized spacial score (nSPS) is 11.3. The summed E-state index contributed by atoms with van der Waals surface area (Å²) in [5.41, 5.74) is 0.815. The molecule has 0 aromatic heterocycles. The number of allylic oxidation sites excluding steroid dienone is 2. The molecule has 0 unspecified atom stereocenters. The monoisotopic (exact) mass is 292 g/mol. The molecule has 0 fully saturated rings. The summed E-state index contributed by atoms with van der Waals surface area (Å²) in [6.45, 7) is 3.84. The van der Waals surface area contributed by atoms with E-state index in [1.54, 1.807) is 38.5 Å². The fourth-order valence-corrected chi connectivity index (χ4v) is 1.65. The fraction of sp³-hybridized carbons (Fsp3) is 0.312. The number of rotatable bonds is 7. The van der Waals surface area contributed by atoms with E-state index in [0.29, 0.717) is 17.2 Å². The molecule has 5 heteroatoms. The molecule has 1 aromatic rings. The predicted octanol–water partition coefficient (Wildman–Crippen LogP) is 3.15. The molecule has 1 N–H and O–H groups in total. The largest absolute Gasteiger partial charge is 0.493 e. The molecule has 0 aliphatic carbocycles. The molecule has 0 amide bonds. The third-order valence-electron chi connectivity index (χ3n) is 2.48. The van der Waals surface area contributed by atoms with Crippen molar-refractivity contribution < 1.29 is 24.1 Å². The summed E-state index contributed by atoms with van der Waals surface area (Å²) >= 11 is 0. The van der Waals surface area contributed by atoms with E-state index in [4.69, 9.17) is 19.3 Å². The average Bonchev–Trinajstić information content (AvgIpc) is 2.43. The van der Waals surface area contributed by atoms with Crippen LogP contribution in [0.25, 0.3) is 6.08 Å².